The summed E-state index contributed by atoms with van der Waals surface area (Å²) in [5.41, 5.74) is 0.998. The zero-order valence-electron chi connectivity index (χ0n) is 10.2. The highest BCUT2D eigenvalue weighted by Crippen LogP contribution is 1.89. The van der Waals surface area contributed by atoms with Crippen molar-refractivity contribution in [2.45, 2.75) is 26.8 Å². The summed E-state index contributed by atoms with van der Waals surface area (Å²) in [4.78, 5) is 8.21. The van der Waals surface area contributed by atoms with E-state index in [9.17, 15) is 0 Å². The van der Waals surface area contributed by atoms with Crippen LogP contribution in [0.3, 0.4) is 0 Å². The van der Waals surface area contributed by atoms with Gasteiger partial charge in [0.05, 0.1) is 5.69 Å². The van der Waals surface area contributed by atoms with Crippen LogP contribution in [0.4, 0.5) is 0 Å². The number of nitrogens with one attached hydrogen (secondary N) is 2. The van der Waals surface area contributed by atoms with Crippen molar-refractivity contribution >= 4 is 0 Å². The third-order valence-electron chi connectivity index (χ3n) is 2.18. The summed E-state index contributed by atoms with van der Waals surface area (Å²) >= 11 is 0. The van der Waals surface area contributed by atoms with Crippen molar-refractivity contribution in [3.63, 3.8) is 0 Å². The first-order chi connectivity index (χ1) is 7.79. The Hall–Kier alpha value is -1.00. The fourth-order valence-corrected chi connectivity index (χ4v) is 1.37. The van der Waals surface area contributed by atoms with Gasteiger partial charge >= 0.3 is 0 Å². The molecule has 0 bridgehead atoms. The van der Waals surface area contributed by atoms with Gasteiger partial charge in [-0.25, -0.2) is 0 Å². The molecule has 0 fully saturated rings. The molecule has 0 aliphatic rings. The van der Waals surface area contributed by atoms with Crippen molar-refractivity contribution in [1.82, 2.24) is 20.6 Å². The zero-order chi connectivity index (χ0) is 11.6. The van der Waals surface area contributed by atoms with Gasteiger partial charge in [-0.1, -0.05) is 13.8 Å². The molecule has 0 aromatic carbocycles. The molecule has 4 heteroatoms. The van der Waals surface area contributed by atoms with E-state index in [-0.39, 0.29) is 0 Å². The van der Waals surface area contributed by atoms with Gasteiger partial charge in [0.1, 0.15) is 0 Å². The monoisotopic (exact) mass is 222 g/mol. The van der Waals surface area contributed by atoms with Crippen molar-refractivity contribution < 1.29 is 0 Å². The van der Waals surface area contributed by atoms with Crippen LogP contribution in [0.5, 0.6) is 0 Å². The third-order valence-corrected chi connectivity index (χ3v) is 2.18. The maximum atomic E-state index is 4.20. The Kier molecular flexibility index (Phi) is 6.69. The lowest BCUT2D eigenvalue weighted by molar-refractivity contribution is 0.529. The van der Waals surface area contributed by atoms with Crippen molar-refractivity contribution in [2.24, 2.45) is 5.92 Å². The van der Waals surface area contributed by atoms with E-state index in [0.29, 0.717) is 0 Å². The molecule has 0 amide bonds. The minimum atomic E-state index is 0.729. The average Bonchev–Trinajstić information content (AvgIpc) is 2.29. The van der Waals surface area contributed by atoms with Crippen molar-refractivity contribution in [2.75, 3.05) is 19.6 Å². The summed E-state index contributed by atoms with van der Waals surface area (Å²) in [5.74, 6) is 0.729. The van der Waals surface area contributed by atoms with Gasteiger partial charge in [0.25, 0.3) is 0 Å². The normalized spacial score (nSPS) is 10.9. The molecule has 2 N–H and O–H groups in total. The van der Waals surface area contributed by atoms with Gasteiger partial charge in [-0.2, -0.15) is 0 Å². The Balaban J connectivity index is 1.93. The molecule has 1 aromatic rings. The minimum Gasteiger partial charge on any atom is -0.316 e. The molecule has 1 aromatic heterocycles. The Morgan fingerprint density at radius 1 is 1.19 bits per heavy atom. The first kappa shape index (κ1) is 13.1. The smallest absolute Gasteiger partial charge is 0.0724 e. The van der Waals surface area contributed by atoms with Crippen LogP contribution >= 0.6 is 0 Å². The molecule has 16 heavy (non-hydrogen) atoms. The Bertz CT molecular complexity index is 261. The van der Waals surface area contributed by atoms with E-state index >= 15 is 0 Å². The number of hydrogen-bond acceptors (Lipinski definition) is 4. The largest absolute Gasteiger partial charge is 0.316 e. The van der Waals surface area contributed by atoms with E-state index < -0.39 is 0 Å². The van der Waals surface area contributed by atoms with Crippen molar-refractivity contribution in [3.8, 4) is 0 Å². The van der Waals surface area contributed by atoms with Crippen LogP contribution in [0.1, 0.15) is 26.0 Å². The summed E-state index contributed by atoms with van der Waals surface area (Å²) in [6, 6.07) is 0. The average molecular weight is 222 g/mol. The molecule has 90 valence electrons. The SMILES string of the molecule is CC(C)CNCCCNCc1cnccn1. The molecule has 0 radical (unpaired) electrons. The number of rotatable bonds is 8. The minimum absolute atomic E-state index is 0.729. The van der Waals surface area contributed by atoms with E-state index in [0.717, 1.165) is 44.2 Å². The van der Waals surface area contributed by atoms with Gasteiger partial charge in [0.2, 0.25) is 0 Å². The maximum absolute atomic E-state index is 4.20. The molecule has 0 aliphatic heterocycles. The Morgan fingerprint density at radius 2 is 2.00 bits per heavy atom. The summed E-state index contributed by atoms with van der Waals surface area (Å²) in [6.45, 7) is 8.44. The summed E-state index contributed by atoms with van der Waals surface area (Å²) in [7, 11) is 0. The fourth-order valence-electron chi connectivity index (χ4n) is 1.37. The second-order valence-electron chi connectivity index (χ2n) is 4.33. The van der Waals surface area contributed by atoms with Gasteiger partial charge in [0.15, 0.2) is 0 Å². The summed E-state index contributed by atoms with van der Waals surface area (Å²) in [6.07, 6.45) is 6.36. The molecule has 0 saturated carbocycles. The fraction of sp³-hybridized carbons (Fsp3) is 0.667. The van der Waals surface area contributed by atoms with E-state index in [4.69, 9.17) is 0 Å². The van der Waals surface area contributed by atoms with Crippen LogP contribution in [0, 0.1) is 5.92 Å². The predicted octanol–water partition coefficient (Wildman–Crippen LogP) is 1.20. The van der Waals surface area contributed by atoms with Gasteiger partial charge < -0.3 is 10.6 Å². The van der Waals surface area contributed by atoms with E-state index in [1.807, 2.05) is 0 Å². The van der Waals surface area contributed by atoms with Crippen LogP contribution < -0.4 is 10.6 Å². The van der Waals surface area contributed by atoms with Crippen molar-refractivity contribution in [3.05, 3.63) is 24.3 Å². The lowest BCUT2D eigenvalue weighted by Crippen LogP contribution is -2.24. The standard InChI is InChI=1S/C12H22N4/c1-11(2)8-13-4-3-5-14-9-12-10-15-6-7-16-12/h6-7,10-11,13-14H,3-5,8-9H2,1-2H3. The topological polar surface area (TPSA) is 49.8 Å². The van der Waals surface area contributed by atoms with Crippen LogP contribution in [0.2, 0.25) is 0 Å². The molecular formula is C12H22N4. The van der Waals surface area contributed by atoms with Gasteiger partial charge in [-0.3, -0.25) is 9.97 Å². The molecule has 0 aliphatic carbocycles. The zero-order valence-corrected chi connectivity index (χ0v) is 10.2. The Labute approximate surface area is 97.9 Å². The molecule has 1 heterocycles. The quantitative estimate of drug-likeness (QED) is 0.649. The summed E-state index contributed by atoms with van der Waals surface area (Å²) in [5, 5.41) is 6.76. The van der Waals surface area contributed by atoms with Gasteiger partial charge in [0, 0.05) is 25.1 Å². The molecule has 0 spiro atoms. The molecular weight excluding hydrogens is 200 g/mol. The van der Waals surface area contributed by atoms with E-state index in [1.54, 1.807) is 18.6 Å². The molecule has 0 saturated heterocycles. The van der Waals surface area contributed by atoms with Crippen LogP contribution in [-0.2, 0) is 6.54 Å². The number of aromatic nitrogens is 2. The molecule has 0 unspecified atom stereocenters. The van der Waals surface area contributed by atoms with Crippen LogP contribution in [0.25, 0.3) is 0 Å². The summed E-state index contributed by atoms with van der Waals surface area (Å²) < 4.78 is 0. The maximum Gasteiger partial charge on any atom is 0.0724 e. The number of nitrogens with zero attached hydrogens (tertiary/aromatic N) is 2. The van der Waals surface area contributed by atoms with Crippen molar-refractivity contribution in [1.29, 1.82) is 0 Å². The Morgan fingerprint density at radius 3 is 2.69 bits per heavy atom. The van der Waals surface area contributed by atoms with E-state index in [2.05, 4.69) is 34.4 Å². The molecule has 0 atom stereocenters. The highest BCUT2D eigenvalue weighted by Gasteiger charge is 1.94. The third kappa shape index (κ3) is 6.48. The predicted molar refractivity (Wildman–Crippen MR) is 66.1 cm³/mol. The second kappa shape index (κ2) is 8.19. The first-order valence-electron chi connectivity index (χ1n) is 5.95. The van der Waals surface area contributed by atoms with E-state index in [1.165, 1.54) is 0 Å². The van der Waals surface area contributed by atoms with Gasteiger partial charge in [-0.15, -0.1) is 0 Å². The van der Waals surface area contributed by atoms with Crippen LogP contribution in [0.15, 0.2) is 18.6 Å². The first-order valence-corrected chi connectivity index (χ1v) is 5.95. The lowest BCUT2D eigenvalue weighted by atomic mass is 10.2. The molecule has 4 nitrogen and oxygen atoms in total. The highest BCUT2D eigenvalue weighted by atomic mass is 14.9. The lowest BCUT2D eigenvalue weighted by Gasteiger charge is -2.07. The van der Waals surface area contributed by atoms with Gasteiger partial charge in [-0.05, 0) is 32.0 Å². The highest BCUT2D eigenvalue weighted by molar-refractivity contribution is 4.93. The second-order valence-corrected chi connectivity index (χ2v) is 4.33. The molecule has 1 rings (SSSR count). The number of hydrogen-bond donors (Lipinski definition) is 2. The van der Waals surface area contributed by atoms with Crippen LogP contribution in [-0.4, -0.2) is 29.6 Å².